The molecule has 2 N–H and O–H groups in total. The van der Waals surface area contributed by atoms with Crippen LogP contribution in [0.1, 0.15) is 37.3 Å². The van der Waals surface area contributed by atoms with Crippen LogP contribution in [0.3, 0.4) is 0 Å². The van der Waals surface area contributed by atoms with Crippen LogP contribution < -0.4 is 5.73 Å². The van der Waals surface area contributed by atoms with Crippen molar-refractivity contribution in [3.05, 3.63) is 42.2 Å². The number of amides is 1. The summed E-state index contributed by atoms with van der Waals surface area (Å²) >= 11 is 0. The van der Waals surface area contributed by atoms with Crippen molar-refractivity contribution < 1.29 is 9.21 Å². The Morgan fingerprint density at radius 1 is 1.38 bits per heavy atom. The van der Waals surface area contributed by atoms with Gasteiger partial charge < -0.3 is 15.1 Å². The summed E-state index contributed by atoms with van der Waals surface area (Å²) in [7, 11) is 2.09. The van der Waals surface area contributed by atoms with E-state index in [-0.39, 0.29) is 5.91 Å². The molecule has 1 saturated heterocycles. The Hall–Kier alpha value is -2.41. The van der Waals surface area contributed by atoms with E-state index in [2.05, 4.69) is 21.9 Å². The number of rotatable bonds is 6. The van der Waals surface area contributed by atoms with Crippen LogP contribution in [0.4, 0.5) is 5.82 Å². The average molecular weight is 357 g/mol. The van der Waals surface area contributed by atoms with Gasteiger partial charge in [0, 0.05) is 38.2 Å². The molecule has 26 heavy (non-hydrogen) atoms. The Morgan fingerprint density at radius 2 is 2.27 bits per heavy atom. The second-order valence-corrected chi connectivity index (χ2v) is 6.86. The van der Waals surface area contributed by atoms with Gasteiger partial charge in [-0.3, -0.25) is 9.69 Å². The van der Waals surface area contributed by atoms with Crippen LogP contribution >= 0.6 is 0 Å². The van der Waals surface area contributed by atoms with Crippen molar-refractivity contribution in [2.45, 2.75) is 44.7 Å². The lowest BCUT2D eigenvalue weighted by molar-refractivity contribution is -0.131. The third kappa shape index (κ3) is 5.05. The normalized spacial score (nSPS) is 18.1. The van der Waals surface area contributed by atoms with E-state index in [0.29, 0.717) is 31.2 Å². The molecule has 1 amide bonds. The molecule has 0 saturated carbocycles. The maximum Gasteiger partial charge on any atom is 0.223 e. The molecule has 0 radical (unpaired) electrons. The van der Waals surface area contributed by atoms with Gasteiger partial charge in [-0.05, 0) is 44.5 Å². The van der Waals surface area contributed by atoms with E-state index in [4.69, 9.17) is 10.2 Å². The largest absolute Gasteiger partial charge is 0.469 e. The van der Waals surface area contributed by atoms with Crippen molar-refractivity contribution in [3.8, 4) is 0 Å². The van der Waals surface area contributed by atoms with Crippen LogP contribution in [0.15, 0.2) is 35.1 Å². The average Bonchev–Trinajstić information content (AvgIpc) is 3.02. The molecular weight excluding hydrogens is 330 g/mol. The number of nitrogens with zero attached hydrogens (tertiary/aromatic N) is 4. The fraction of sp³-hybridized carbons (Fsp3) is 0.526. The third-order valence-electron chi connectivity index (χ3n) is 4.96. The number of nitrogen functional groups attached to an aromatic ring is 1. The van der Waals surface area contributed by atoms with E-state index in [0.717, 1.165) is 43.9 Å². The molecule has 0 aliphatic carbocycles. The first-order chi connectivity index (χ1) is 12.6. The predicted octanol–water partition coefficient (Wildman–Crippen LogP) is 2.10. The van der Waals surface area contributed by atoms with E-state index in [1.165, 1.54) is 0 Å². The molecule has 1 atom stereocenters. The first-order valence-electron chi connectivity index (χ1n) is 9.19. The smallest absolute Gasteiger partial charge is 0.223 e. The molecule has 0 spiro atoms. The molecule has 3 heterocycles. The van der Waals surface area contributed by atoms with Crippen molar-refractivity contribution in [1.82, 2.24) is 19.8 Å². The molecule has 140 valence electrons. The lowest BCUT2D eigenvalue weighted by atomic mass is 10.1. The summed E-state index contributed by atoms with van der Waals surface area (Å²) in [5, 5.41) is 0. The molecule has 1 fully saturated rings. The molecule has 0 aromatic carbocycles. The standard InChI is InChI=1S/C19H27N5O2/c1-23(14-18-21-10-8-17(20)22-18)15-4-2-11-24(12-9-15)19(25)7-6-16-5-3-13-26-16/h3,5,8,10,13,15H,2,4,6-7,9,11-12,14H2,1H3,(H2,20,21,22)/t15-/m0/s1. The predicted molar refractivity (Wildman–Crippen MR) is 99.2 cm³/mol. The number of aromatic nitrogens is 2. The van der Waals surface area contributed by atoms with Gasteiger partial charge in [-0.2, -0.15) is 0 Å². The van der Waals surface area contributed by atoms with Gasteiger partial charge >= 0.3 is 0 Å². The van der Waals surface area contributed by atoms with Gasteiger partial charge in [0.15, 0.2) is 0 Å². The lowest BCUT2D eigenvalue weighted by Gasteiger charge is -2.26. The maximum absolute atomic E-state index is 12.5. The van der Waals surface area contributed by atoms with Gasteiger partial charge in [0.1, 0.15) is 17.4 Å². The number of furan rings is 1. The molecule has 0 unspecified atom stereocenters. The summed E-state index contributed by atoms with van der Waals surface area (Å²) in [5.41, 5.74) is 5.73. The number of nitrogens with two attached hydrogens (primary N) is 1. The number of likely N-dealkylation sites (tertiary alicyclic amines) is 1. The highest BCUT2D eigenvalue weighted by atomic mass is 16.3. The van der Waals surface area contributed by atoms with Gasteiger partial charge in [-0.1, -0.05) is 0 Å². The van der Waals surface area contributed by atoms with E-state index >= 15 is 0 Å². The zero-order valence-electron chi connectivity index (χ0n) is 15.3. The Kier molecular flexibility index (Phi) is 6.22. The van der Waals surface area contributed by atoms with Crippen LogP contribution in [0, 0.1) is 0 Å². The zero-order chi connectivity index (χ0) is 18.4. The summed E-state index contributed by atoms with van der Waals surface area (Å²) in [6.45, 7) is 2.29. The van der Waals surface area contributed by atoms with Gasteiger partial charge in [0.2, 0.25) is 5.91 Å². The fourth-order valence-electron chi connectivity index (χ4n) is 3.46. The monoisotopic (exact) mass is 357 g/mol. The van der Waals surface area contributed by atoms with Gasteiger partial charge in [0.25, 0.3) is 0 Å². The second-order valence-electron chi connectivity index (χ2n) is 6.86. The third-order valence-corrected chi connectivity index (χ3v) is 4.96. The summed E-state index contributed by atoms with van der Waals surface area (Å²) in [4.78, 5) is 25.3. The molecule has 3 rings (SSSR count). The number of hydrogen-bond acceptors (Lipinski definition) is 6. The molecule has 2 aromatic rings. The van der Waals surface area contributed by atoms with Crippen molar-refractivity contribution in [2.75, 3.05) is 25.9 Å². The van der Waals surface area contributed by atoms with Crippen LogP contribution in [0.5, 0.6) is 0 Å². The minimum absolute atomic E-state index is 0.212. The molecule has 1 aliphatic rings. The molecule has 7 nitrogen and oxygen atoms in total. The summed E-state index contributed by atoms with van der Waals surface area (Å²) in [6.07, 6.45) is 7.56. The van der Waals surface area contributed by atoms with Gasteiger partial charge in [0.05, 0.1) is 12.8 Å². The maximum atomic E-state index is 12.5. The van der Waals surface area contributed by atoms with E-state index in [1.54, 1.807) is 18.5 Å². The minimum atomic E-state index is 0.212. The van der Waals surface area contributed by atoms with E-state index < -0.39 is 0 Å². The Morgan fingerprint density at radius 3 is 3.04 bits per heavy atom. The van der Waals surface area contributed by atoms with Gasteiger partial charge in [-0.15, -0.1) is 0 Å². The first-order valence-corrected chi connectivity index (χ1v) is 9.19. The molecule has 1 aliphatic heterocycles. The van der Waals surface area contributed by atoms with Crippen molar-refractivity contribution >= 4 is 11.7 Å². The van der Waals surface area contributed by atoms with Crippen molar-refractivity contribution in [2.24, 2.45) is 0 Å². The van der Waals surface area contributed by atoms with Gasteiger partial charge in [-0.25, -0.2) is 9.97 Å². The molecule has 7 heteroatoms. The van der Waals surface area contributed by atoms with Crippen LogP contribution in [0.25, 0.3) is 0 Å². The summed E-state index contributed by atoms with van der Waals surface area (Å²) < 4.78 is 5.31. The molecule has 0 bridgehead atoms. The number of aryl methyl sites for hydroxylation is 1. The molecular formula is C19H27N5O2. The fourth-order valence-corrected chi connectivity index (χ4v) is 3.46. The van der Waals surface area contributed by atoms with E-state index in [9.17, 15) is 4.79 Å². The highest BCUT2D eigenvalue weighted by Crippen LogP contribution is 2.18. The minimum Gasteiger partial charge on any atom is -0.469 e. The van der Waals surface area contributed by atoms with Crippen molar-refractivity contribution in [1.29, 1.82) is 0 Å². The number of hydrogen-bond donors (Lipinski definition) is 1. The van der Waals surface area contributed by atoms with Crippen LogP contribution in [-0.2, 0) is 17.8 Å². The topological polar surface area (TPSA) is 88.5 Å². The van der Waals surface area contributed by atoms with Crippen LogP contribution in [-0.4, -0.2) is 51.9 Å². The highest BCUT2D eigenvalue weighted by Gasteiger charge is 2.23. The number of carbonyl (C=O) groups is 1. The Balaban J connectivity index is 1.48. The second kappa shape index (κ2) is 8.80. The SMILES string of the molecule is CN(Cc1nccc(N)n1)[C@H]1CCCN(C(=O)CCc2ccco2)CC1. The summed E-state index contributed by atoms with van der Waals surface area (Å²) in [6, 6.07) is 5.89. The number of carbonyl (C=O) groups excluding carboxylic acids is 1. The Labute approximate surface area is 154 Å². The molecule has 2 aromatic heterocycles. The van der Waals surface area contributed by atoms with Crippen molar-refractivity contribution in [3.63, 3.8) is 0 Å². The Bertz CT molecular complexity index is 704. The first kappa shape index (κ1) is 18.4. The number of anilines is 1. The zero-order valence-corrected chi connectivity index (χ0v) is 15.3. The van der Waals surface area contributed by atoms with E-state index in [1.807, 2.05) is 17.0 Å². The quantitative estimate of drug-likeness (QED) is 0.852. The lowest BCUT2D eigenvalue weighted by Crippen LogP contribution is -2.35. The van der Waals surface area contributed by atoms with Crippen LogP contribution in [0.2, 0.25) is 0 Å². The highest BCUT2D eigenvalue weighted by molar-refractivity contribution is 5.76. The summed E-state index contributed by atoms with van der Waals surface area (Å²) in [5.74, 6) is 2.32.